The number of ether oxygens (including phenoxy) is 1. The molecule has 0 aliphatic heterocycles. The van der Waals surface area contributed by atoms with Crippen LogP contribution in [0.1, 0.15) is 18.9 Å². The molecule has 1 aromatic rings. The van der Waals surface area contributed by atoms with Crippen LogP contribution < -0.4 is 0 Å². The third-order valence-electron chi connectivity index (χ3n) is 1.73. The van der Waals surface area contributed by atoms with Gasteiger partial charge < -0.3 is 9.84 Å². The smallest absolute Gasteiger partial charge is 0.306 e. The van der Waals surface area contributed by atoms with Crippen molar-refractivity contribution in [3.8, 4) is 5.88 Å². The van der Waals surface area contributed by atoms with Gasteiger partial charge in [0.2, 0.25) is 5.88 Å². The zero-order chi connectivity index (χ0) is 10.4. The number of aromatic nitrogens is 1. The Morgan fingerprint density at radius 2 is 2.43 bits per heavy atom. The number of esters is 1. The second-order valence-corrected chi connectivity index (χ2v) is 2.83. The van der Waals surface area contributed by atoms with Gasteiger partial charge in [-0.15, -0.1) is 0 Å². The Kier molecular flexibility index (Phi) is 3.91. The van der Waals surface area contributed by atoms with Gasteiger partial charge in [-0.2, -0.15) is 0 Å². The topological polar surface area (TPSA) is 59.4 Å². The van der Waals surface area contributed by atoms with Gasteiger partial charge in [0.15, 0.2) is 0 Å². The summed E-state index contributed by atoms with van der Waals surface area (Å²) in [7, 11) is 0. The van der Waals surface area contributed by atoms with E-state index in [4.69, 9.17) is 9.84 Å². The molecule has 0 atom stereocenters. The van der Waals surface area contributed by atoms with E-state index in [-0.39, 0.29) is 11.8 Å². The molecular formula is C10H13NO3. The molecule has 1 aromatic heterocycles. The largest absolute Gasteiger partial charge is 0.493 e. The Bertz CT molecular complexity index is 312. The van der Waals surface area contributed by atoms with Gasteiger partial charge in [0.25, 0.3) is 0 Å². The van der Waals surface area contributed by atoms with Gasteiger partial charge in [0.1, 0.15) is 0 Å². The molecule has 4 nitrogen and oxygen atoms in total. The van der Waals surface area contributed by atoms with Crippen LogP contribution in [0.25, 0.3) is 0 Å². The van der Waals surface area contributed by atoms with Crippen LogP contribution in [0.2, 0.25) is 0 Å². The summed E-state index contributed by atoms with van der Waals surface area (Å²) >= 11 is 0. The highest BCUT2D eigenvalue weighted by Gasteiger charge is 2.02. The summed E-state index contributed by atoms with van der Waals surface area (Å²) in [5.74, 6) is -0.241. The van der Waals surface area contributed by atoms with E-state index in [0.717, 1.165) is 5.56 Å². The minimum Gasteiger partial charge on any atom is -0.493 e. The molecule has 76 valence electrons. The molecule has 1 rings (SSSR count). The van der Waals surface area contributed by atoms with Crippen LogP contribution in [0, 0.1) is 0 Å². The van der Waals surface area contributed by atoms with Gasteiger partial charge in [-0.1, -0.05) is 0 Å². The SMILES string of the molecule is CCOC(=O)CCc1ccnc(O)c1. The number of carbonyl (C=O) groups excluding carboxylic acids is 1. The van der Waals surface area contributed by atoms with Crippen molar-refractivity contribution in [2.75, 3.05) is 6.61 Å². The summed E-state index contributed by atoms with van der Waals surface area (Å²) < 4.78 is 4.78. The van der Waals surface area contributed by atoms with E-state index < -0.39 is 0 Å². The van der Waals surface area contributed by atoms with E-state index in [0.29, 0.717) is 19.4 Å². The lowest BCUT2D eigenvalue weighted by Gasteiger charge is -2.01. The summed E-state index contributed by atoms with van der Waals surface area (Å²) in [5, 5.41) is 9.05. The first kappa shape index (κ1) is 10.5. The van der Waals surface area contributed by atoms with Crippen molar-refractivity contribution in [1.82, 2.24) is 4.98 Å². The fourth-order valence-electron chi connectivity index (χ4n) is 1.10. The summed E-state index contributed by atoms with van der Waals surface area (Å²) in [4.78, 5) is 14.6. The van der Waals surface area contributed by atoms with Gasteiger partial charge >= 0.3 is 5.97 Å². The molecule has 0 saturated carbocycles. The van der Waals surface area contributed by atoms with Gasteiger partial charge in [0.05, 0.1) is 6.61 Å². The molecule has 1 heterocycles. The van der Waals surface area contributed by atoms with Crippen molar-refractivity contribution in [3.05, 3.63) is 23.9 Å². The van der Waals surface area contributed by atoms with Crippen LogP contribution in [0.15, 0.2) is 18.3 Å². The molecule has 0 radical (unpaired) electrons. The van der Waals surface area contributed by atoms with Crippen molar-refractivity contribution in [2.45, 2.75) is 19.8 Å². The van der Waals surface area contributed by atoms with Crippen molar-refractivity contribution in [2.24, 2.45) is 0 Å². The van der Waals surface area contributed by atoms with Crippen LogP contribution in [0.5, 0.6) is 5.88 Å². The third-order valence-corrected chi connectivity index (χ3v) is 1.73. The average molecular weight is 195 g/mol. The summed E-state index contributed by atoms with van der Waals surface area (Å²) in [5.41, 5.74) is 0.880. The second kappa shape index (κ2) is 5.21. The summed E-state index contributed by atoms with van der Waals surface area (Å²) in [6.45, 7) is 2.18. The predicted molar refractivity (Wildman–Crippen MR) is 50.9 cm³/mol. The molecule has 0 fully saturated rings. The van der Waals surface area contributed by atoms with Crippen LogP contribution >= 0.6 is 0 Å². The van der Waals surface area contributed by atoms with Crippen molar-refractivity contribution in [1.29, 1.82) is 0 Å². The van der Waals surface area contributed by atoms with E-state index >= 15 is 0 Å². The normalized spacial score (nSPS) is 9.79. The number of aryl methyl sites for hydroxylation is 1. The number of pyridine rings is 1. The standard InChI is InChI=1S/C10H13NO3/c1-2-14-10(13)4-3-8-5-6-11-9(12)7-8/h5-7H,2-4H2,1H3,(H,11,12). The van der Waals surface area contributed by atoms with Crippen LogP contribution in [-0.4, -0.2) is 22.7 Å². The van der Waals surface area contributed by atoms with Crippen LogP contribution in [0.4, 0.5) is 0 Å². The number of carbonyl (C=O) groups is 1. The van der Waals surface area contributed by atoms with E-state index in [1.54, 1.807) is 19.1 Å². The minimum atomic E-state index is -0.219. The number of aromatic hydroxyl groups is 1. The Morgan fingerprint density at radius 1 is 1.64 bits per heavy atom. The molecule has 0 aliphatic carbocycles. The lowest BCUT2D eigenvalue weighted by atomic mass is 10.1. The molecule has 0 aliphatic rings. The van der Waals surface area contributed by atoms with Crippen LogP contribution in [-0.2, 0) is 16.0 Å². The Labute approximate surface area is 82.5 Å². The zero-order valence-corrected chi connectivity index (χ0v) is 8.06. The highest BCUT2D eigenvalue weighted by molar-refractivity contribution is 5.69. The first-order chi connectivity index (χ1) is 6.72. The Hall–Kier alpha value is -1.58. The predicted octanol–water partition coefficient (Wildman–Crippen LogP) is 1.28. The monoisotopic (exact) mass is 195 g/mol. The fraction of sp³-hybridized carbons (Fsp3) is 0.400. The van der Waals surface area contributed by atoms with Gasteiger partial charge in [0, 0.05) is 18.7 Å². The molecule has 0 unspecified atom stereocenters. The summed E-state index contributed by atoms with van der Waals surface area (Å²) in [6, 6.07) is 3.30. The fourth-order valence-corrected chi connectivity index (χ4v) is 1.10. The lowest BCUT2D eigenvalue weighted by Crippen LogP contribution is -2.05. The first-order valence-electron chi connectivity index (χ1n) is 4.52. The third kappa shape index (κ3) is 3.43. The Morgan fingerprint density at radius 3 is 3.07 bits per heavy atom. The highest BCUT2D eigenvalue weighted by Crippen LogP contribution is 2.09. The summed E-state index contributed by atoms with van der Waals surface area (Å²) in [6.07, 6.45) is 2.40. The second-order valence-electron chi connectivity index (χ2n) is 2.83. The maximum atomic E-state index is 11.0. The molecule has 14 heavy (non-hydrogen) atoms. The number of nitrogens with zero attached hydrogens (tertiary/aromatic N) is 1. The van der Waals surface area contributed by atoms with Gasteiger partial charge in [-0.3, -0.25) is 4.79 Å². The number of rotatable bonds is 4. The molecular weight excluding hydrogens is 182 g/mol. The molecule has 0 spiro atoms. The maximum Gasteiger partial charge on any atom is 0.306 e. The van der Waals surface area contributed by atoms with Crippen molar-refractivity contribution in [3.63, 3.8) is 0 Å². The molecule has 1 N–H and O–H groups in total. The highest BCUT2D eigenvalue weighted by atomic mass is 16.5. The first-order valence-corrected chi connectivity index (χ1v) is 4.52. The van der Waals surface area contributed by atoms with E-state index in [9.17, 15) is 4.79 Å². The molecule has 0 saturated heterocycles. The maximum absolute atomic E-state index is 11.0. The molecule has 0 bridgehead atoms. The molecule has 0 amide bonds. The number of hydrogen-bond donors (Lipinski definition) is 1. The minimum absolute atomic E-state index is 0.0219. The number of hydrogen-bond acceptors (Lipinski definition) is 4. The zero-order valence-electron chi connectivity index (χ0n) is 8.06. The van der Waals surface area contributed by atoms with E-state index in [1.807, 2.05) is 0 Å². The Balaban J connectivity index is 2.41. The quantitative estimate of drug-likeness (QED) is 0.735. The molecule has 4 heteroatoms. The van der Waals surface area contributed by atoms with Gasteiger partial charge in [-0.05, 0) is 25.0 Å². The van der Waals surface area contributed by atoms with E-state index in [1.165, 1.54) is 6.20 Å². The van der Waals surface area contributed by atoms with E-state index in [2.05, 4.69) is 4.98 Å². The van der Waals surface area contributed by atoms with Gasteiger partial charge in [-0.25, -0.2) is 4.98 Å². The van der Waals surface area contributed by atoms with Crippen LogP contribution in [0.3, 0.4) is 0 Å². The lowest BCUT2D eigenvalue weighted by molar-refractivity contribution is -0.143. The average Bonchev–Trinajstić information content (AvgIpc) is 2.15. The van der Waals surface area contributed by atoms with Crippen molar-refractivity contribution < 1.29 is 14.6 Å². The van der Waals surface area contributed by atoms with Crippen molar-refractivity contribution >= 4 is 5.97 Å². The molecule has 0 aromatic carbocycles.